The monoisotopic (exact) mass is 272 g/mol. The van der Waals surface area contributed by atoms with Gasteiger partial charge in [-0.15, -0.1) is 0 Å². The summed E-state index contributed by atoms with van der Waals surface area (Å²) < 4.78 is 0. The van der Waals surface area contributed by atoms with Gasteiger partial charge in [0.15, 0.2) is 0 Å². The Morgan fingerprint density at radius 3 is 2.50 bits per heavy atom. The number of rotatable bonds is 4. The van der Waals surface area contributed by atoms with E-state index < -0.39 is 0 Å². The fraction of sp³-hybridized carbons (Fsp3) is 0.667. The van der Waals surface area contributed by atoms with Crippen LogP contribution >= 0.6 is 0 Å². The van der Waals surface area contributed by atoms with Crippen molar-refractivity contribution in [2.24, 2.45) is 11.8 Å². The van der Waals surface area contributed by atoms with Crippen LogP contribution in [0.4, 0.5) is 5.69 Å². The molecule has 0 spiro atoms. The molecule has 0 amide bonds. The zero-order valence-corrected chi connectivity index (χ0v) is 13.2. The SMILES string of the molecule is Cc1ccc(N2CC(C)CC(C)C2)c(CNC2CC2)c1. The standard InChI is InChI=1S/C18H28N2/c1-13-4-7-18(16(9-13)10-19-17-5-6-17)20-11-14(2)8-15(3)12-20/h4,7,9,14-15,17,19H,5-6,8,10-12H2,1-3H3. The van der Waals surface area contributed by atoms with E-state index in [4.69, 9.17) is 0 Å². The third kappa shape index (κ3) is 3.35. The van der Waals surface area contributed by atoms with E-state index in [1.165, 1.54) is 49.2 Å². The van der Waals surface area contributed by atoms with Crippen LogP contribution in [0.5, 0.6) is 0 Å². The summed E-state index contributed by atoms with van der Waals surface area (Å²) >= 11 is 0. The molecule has 2 nitrogen and oxygen atoms in total. The molecule has 3 rings (SSSR count). The third-order valence-corrected chi connectivity index (χ3v) is 4.60. The first-order valence-electron chi connectivity index (χ1n) is 8.19. The Labute approximate surface area is 123 Å². The van der Waals surface area contributed by atoms with Gasteiger partial charge >= 0.3 is 0 Å². The highest BCUT2D eigenvalue weighted by atomic mass is 15.1. The highest BCUT2D eigenvalue weighted by Crippen LogP contribution is 2.30. The lowest BCUT2D eigenvalue weighted by molar-refractivity contribution is 0.356. The third-order valence-electron chi connectivity index (χ3n) is 4.60. The van der Waals surface area contributed by atoms with Gasteiger partial charge in [-0.25, -0.2) is 0 Å². The Hall–Kier alpha value is -1.02. The van der Waals surface area contributed by atoms with Gasteiger partial charge in [0.05, 0.1) is 0 Å². The Kier molecular flexibility index (Phi) is 4.02. The van der Waals surface area contributed by atoms with Crippen molar-refractivity contribution in [3.05, 3.63) is 29.3 Å². The van der Waals surface area contributed by atoms with Crippen molar-refractivity contribution in [3.63, 3.8) is 0 Å². The van der Waals surface area contributed by atoms with E-state index in [2.05, 4.69) is 49.2 Å². The van der Waals surface area contributed by atoms with Crippen molar-refractivity contribution in [2.45, 2.75) is 52.6 Å². The molecule has 1 saturated carbocycles. The van der Waals surface area contributed by atoms with E-state index in [1.54, 1.807) is 0 Å². The van der Waals surface area contributed by atoms with Gasteiger partial charge in [0, 0.05) is 31.4 Å². The zero-order chi connectivity index (χ0) is 14.1. The molecule has 1 N–H and O–H groups in total. The molecule has 2 atom stereocenters. The van der Waals surface area contributed by atoms with E-state index >= 15 is 0 Å². The molecule has 0 bridgehead atoms. The smallest absolute Gasteiger partial charge is 0.0412 e. The van der Waals surface area contributed by atoms with Crippen LogP contribution in [0.15, 0.2) is 18.2 Å². The number of piperidine rings is 1. The molecule has 2 aliphatic rings. The Bertz CT molecular complexity index is 454. The quantitative estimate of drug-likeness (QED) is 0.898. The normalized spacial score (nSPS) is 26.9. The number of nitrogens with one attached hydrogen (secondary N) is 1. The molecule has 2 fully saturated rings. The topological polar surface area (TPSA) is 15.3 Å². The minimum Gasteiger partial charge on any atom is -0.371 e. The van der Waals surface area contributed by atoms with Gasteiger partial charge in [-0.2, -0.15) is 0 Å². The largest absolute Gasteiger partial charge is 0.371 e. The van der Waals surface area contributed by atoms with E-state index in [0.29, 0.717) is 0 Å². The molecule has 1 heterocycles. The van der Waals surface area contributed by atoms with Gasteiger partial charge in [0.1, 0.15) is 0 Å². The average Bonchev–Trinajstić information content (AvgIpc) is 3.19. The van der Waals surface area contributed by atoms with Crippen molar-refractivity contribution < 1.29 is 0 Å². The number of hydrogen-bond donors (Lipinski definition) is 1. The summed E-state index contributed by atoms with van der Waals surface area (Å²) in [4.78, 5) is 2.61. The Morgan fingerprint density at radius 2 is 1.85 bits per heavy atom. The van der Waals surface area contributed by atoms with Crippen LogP contribution in [0.1, 0.15) is 44.2 Å². The van der Waals surface area contributed by atoms with Crippen LogP contribution in [-0.2, 0) is 6.54 Å². The maximum atomic E-state index is 3.68. The van der Waals surface area contributed by atoms with Crippen LogP contribution in [-0.4, -0.2) is 19.1 Å². The van der Waals surface area contributed by atoms with Crippen molar-refractivity contribution in [1.82, 2.24) is 5.32 Å². The summed E-state index contributed by atoms with van der Waals surface area (Å²) in [5.41, 5.74) is 4.32. The van der Waals surface area contributed by atoms with Crippen molar-refractivity contribution in [2.75, 3.05) is 18.0 Å². The first-order chi connectivity index (χ1) is 9.61. The molecule has 1 aliphatic carbocycles. The van der Waals surface area contributed by atoms with Gasteiger partial charge in [-0.1, -0.05) is 31.5 Å². The maximum absolute atomic E-state index is 3.68. The van der Waals surface area contributed by atoms with Gasteiger partial charge < -0.3 is 10.2 Å². The molecule has 0 aromatic heterocycles. The molecule has 110 valence electrons. The molecule has 0 radical (unpaired) electrons. The lowest BCUT2D eigenvalue weighted by atomic mass is 9.91. The van der Waals surface area contributed by atoms with Gasteiger partial charge in [0.2, 0.25) is 0 Å². The van der Waals surface area contributed by atoms with E-state index in [9.17, 15) is 0 Å². The summed E-state index contributed by atoms with van der Waals surface area (Å²) in [5, 5.41) is 3.68. The van der Waals surface area contributed by atoms with Gasteiger partial charge in [-0.05, 0) is 49.7 Å². The maximum Gasteiger partial charge on any atom is 0.0412 e. The van der Waals surface area contributed by atoms with Crippen LogP contribution in [0.2, 0.25) is 0 Å². The predicted octanol–water partition coefficient (Wildman–Crippen LogP) is 3.73. The number of anilines is 1. The van der Waals surface area contributed by atoms with E-state index in [1.807, 2.05) is 0 Å². The second-order valence-corrected chi connectivity index (χ2v) is 7.14. The summed E-state index contributed by atoms with van der Waals surface area (Å²) in [6.45, 7) is 10.4. The molecular formula is C18H28N2. The highest BCUT2D eigenvalue weighted by Gasteiger charge is 2.24. The zero-order valence-electron chi connectivity index (χ0n) is 13.2. The molecule has 1 aromatic carbocycles. The summed E-state index contributed by atoms with van der Waals surface area (Å²) in [5.74, 6) is 1.62. The lowest BCUT2D eigenvalue weighted by Crippen LogP contribution is -2.39. The first kappa shape index (κ1) is 13.9. The van der Waals surface area contributed by atoms with E-state index in [-0.39, 0.29) is 0 Å². The van der Waals surface area contributed by atoms with Crippen LogP contribution in [0.3, 0.4) is 0 Å². The number of nitrogens with zero attached hydrogens (tertiary/aromatic N) is 1. The fourth-order valence-corrected chi connectivity index (χ4v) is 3.57. The minimum atomic E-state index is 0.780. The second kappa shape index (κ2) is 5.77. The Morgan fingerprint density at radius 1 is 1.15 bits per heavy atom. The Balaban J connectivity index is 1.79. The highest BCUT2D eigenvalue weighted by molar-refractivity contribution is 5.55. The van der Waals surface area contributed by atoms with Crippen molar-refractivity contribution in [3.8, 4) is 0 Å². The second-order valence-electron chi connectivity index (χ2n) is 7.14. The molecule has 1 aromatic rings. The number of hydrogen-bond acceptors (Lipinski definition) is 2. The van der Waals surface area contributed by atoms with Crippen molar-refractivity contribution in [1.29, 1.82) is 0 Å². The predicted molar refractivity (Wildman–Crippen MR) is 86.2 cm³/mol. The molecule has 1 saturated heterocycles. The van der Waals surface area contributed by atoms with Crippen LogP contribution in [0.25, 0.3) is 0 Å². The molecule has 2 heteroatoms. The fourth-order valence-electron chi connectivity index (χ4n) is 3.57. The number of benzene rings is 1. The molecule has 20 heavy (non-hydrogen) atoms. The van der Waals surface area contributed by atoms with Crippen LogP contribution in [0, 0.1) is 18.8 Å². The molecule has 2 unspecified atom stereocenters. The average molecular weight is 272 g/mol. The molecular weight excluding hydrogens is 244 g/mol. The molecule has 1 aliphatic heterocycles. The summed E-state index contributed by atoms with van der Waals surface area (Å²) in [6.07, 6.45) is 4.09. The first-order valence-corrected chi connectivity index (χ1v) is 8.19. The van der Waals surface area contributed by atoms with Crippen molar-refractivity contribution >= 4 is 5.69 Å². The minimum absolute atomic E-state index is 0.780. The summed E-state index contributed by atoms with van der Waals surface area (Å²) in [7, 11) is 0. The van der Waals surface area contributed by atoms with E-state index in [0.717, 1.165) is 24.4 Å². The lowest BCUT2D eigenvalue weighted by Gasteiger charge is -2.37. The van der Waals surface area contributed by atoms with Crippen LogP contribution < -0.4 is 10.2 Å². The van der Waals surface area contributed by atoms with Gasteiger partial charge in [-0.3, -0.25) is 0 Å². The summed E-state index contributed by atoms with van der Waals surface area (Å²) in [6, 6.07) is 7.75. The number of aryl methyl sites for hydroxylation is 1. The van der Waals surface area contributed by atoms with Gasteiger partial charge in [0.25, 0.3) is 0 Å².